The molecule has 132 valence electrons. The summed E-state index contributed by atoms with van der Waals surface area (Å²) in [5, 5.41) is 2.98. The maximum Gasteiger partial charge on any atom is 0.253 e. The smallest absolute Gasteiger partial charge is 0.253 e. The second kappa shape index (κ2) is 7.09. The molecule has 2 aromatic heterocycles. The molecule has 3 rings (SSSR count). The van der Waals surface area contributed by atoms with Crippen LogP contribution < -0.4 is 15.1 Å². The Balaban J connectivity index is 1.66. The summed E-state index contributed by atoms with van der Waals surface area (Å²) in [4.78, 5) is 25.6. The third-order valence-corrected chi connectivity index (χ3v) is 4.09. The van der Waals surface area contributed by atoms with E-state index in [0.29, 0.717) is 5.56 Å². The van der Waals surface area contributed by atoms with Crippen molar-refractivity contribution in [3.05, 3.63) is 48.4 Å². The van der Waals surface area contributed by atoms with Crippen LogP contribution in [0.2, 0.25) is 0 Å². The number of nitrogens with one attached hydrogen (secondary N) is 1. The molecule has 1 amide bonds. The van der Waals surface area contributed by atoms with Gasteiger partial charge in [-0.05, 0) is 39.0 Å². The summed E-state index contributed by atoms with van der Waals surface area (Å²) in [5.41, 5.74) is 1.32. The zero-order valence-electron chi connectivity index (χ0n) is 15.1. The predicted octanol–water partition coefficient (Wildman–Crippen LogP) is 2.33. The number of anilines is 2. The van der Waals surface area contributed by atoms with Gasteiger partial charge in [-0.15, -0.1) is 0 Å². The van der Waals surface area contributed by atoms with Crippen LogP contribution in [0.1, 0.15) is 31.1 Å². The minimum Gasteiger partial charge on any atom is -0.367 e. The molecule has 0 aliphatic carbocycles. The van der Waals surface area contributed by atoms with E-state index < -0.39 is 0 Å². The third-order valence-electron chi connectivity index (χ3n) is 4.09. The molecule has 0 aromatic carbocycles. The number of aromatic nitrogens is 2. The highest BCUT2D eigenvalue weighted by molar-refractivity contribution is 5.95. The molecule has 0 unspecified atom stereocenters. The number of rotatable bonds is 3. The van der Waals surface area contributed by atoms with Crippen LogP contribution in [-0.2, 0) is 0 Å². The second-order valence-electron chi connectivity index (χ2n) is 7.30. The normalized spacial score (nSPS) is 15.2. The van der Waals surface area contributed by atoms with E-state index in [9.17, 15) is 4.79 Å². The number of pyridine rings is 2. The Kier molecular flexibility index (Phi) is 4.88. The number of carbonyl (C=O) groups is 1. The third kappa shape index (κ3) is 4.47. The largest absolute Gasteiger partial charge is 0.367 e. The lowest BCUT2D eigenvalue weighted by Crippen LogP contribution is -2.47. The fourth-order valence-corrected chi connectivity index (χ4v) is 2.87. The van der Waals surface area contributed by atoms with Gasteiger partial charge in [-0.2, -0.15) is 0 Å². The van der Waals surface area contributed by atoms with Crippen molar-refractivity contribution >= 4 is 17.4 Å². The molecule has 6 nitrogen and oxygen atoms in total. The molecule has 0 radical (unpaired) electrons. The van der Waals surface area contributed by atoms with Crippen molar-refractivity contribution in [1.29, 1.82) is 0 Å². The van der Waals surface area contributed by atoms with E-state index in [0.717, 1.165) is 37.7 Å². The van der Waals surface area contributed by atoms with E-state index in [1.165, 1.54) is 0 Å². The van der Waals surface area contributed by atoms with Crippen LogP contribution in [0.5, 0.6) is 0 Å². The number of amides is 1. The van der Waals surface area contributed by atoms with Crippen molar-refractivity contribution in [3.63, 3.8) is 0 Å². The molecule has 0 bridgehead atoms. The number of carbonyl (C=O) groups excluding carboxylic acids is 1. The quantitative estimate of drug-likeness (QED) is 0.930. The van der Waals surface area contributed by atoms with Crippen molar-refractivity contribution in [2.45, 2.75) is 26.3 Å². The van der Waals surface area contributed by atoms with E-state index in [4.69, 9.17) is 0 Å². The summed E-state index contributed by atoms with van der Waals surface area (Å²) in [6, 6.07) is 7.90. The molecule has 0 spiro atoms. The average molecular weight is 339 g/mol. The molecule has 3 heterocycles. The average Bonchev–Trinajstić information content (AvgIpc) is 2.61. The van der Waals surface area contributed by atoms with Crippen LogP contribution in [0, 0.1) is 0 Å². The van der Waals surface area contributed by atoms with Crippen LogP contribution >= 0.6 is 0 Å². The fourth-order valence-electron chi connectivity index (χ4n) is 2.87. The van der Waals surface area contributed by atoms with Crippen LogP contribution in [0.3, 0.4) is 0 Å². The Labute approximate surface area is 148 Å². The van der Waals surface area contributed by atoms with Crippen molar-refractivity contribution in [1.82, 2.24) is 15.3 Å². The molecule has 0 atom stereocenters. The topological polar surface area (TPSA) is 61.4 Å². The lowest BCUT2D eigenvalue weighted by Gasteiger charge is -2.36. The first-order chi connectivity index (χ1) is 11.9. The Bertz CT molecular complexity index is 718. The van der Waals surface area contributed by atoms with Gasteiger partial charge in [0.05, 0.1) is 17.4 Å². The van der Waals surface area contributed by atoms with Gasteiger partial charge in [0.1, 0.15) is 5.82 Å². The number of piperazine rings is 1. The number of nitrogens with zero attached hydrogens (tertiary/aromatic N) is 4. The molecule has 0 saturated carbocycles. The van der Waals surface area contributed by atoms with Gasteiger partial charge in [0.25, 0.3) is 5.91 Å². The van der Waals surface area contributed by atoms with Crippen LogP contribution in [0.25, 0.3) is 0 Å². The Morgan fingerprint density at radius 1 is 1.08 bits per heavy atom. The van der Waals surface area contributed by atoms with Gasteiger partial charge in [-0.1, -0.05) is 6.07 Å². The summed E-state index contributed by atoms with van der Waals surface area (Å²) in [5.74, 6) is 0.924. The second-order valence-corrected chi connectivity index (χ2v) is 7.30. The van der Waals surface area contributed by atoms with E-state index in [1.807, 2.05) is 57.4 Å². The summed E-state index contributed by atoms with van der Waals surface area (Å²) in [6.45, 7) is 9.47. The number of hydrogen-bond acceptors (Lipinski definition) is 5. The highest BCUT2D eigenvalue weighted by Crippen LogP contribution is 2.19. The van der Waals surface area contributed by atoms with Gasteiger partial charge in [-0.3, -0.25) is 9.78 Å². The molecule has 1 aliphatic heterocycles. The SMILES string of the molecule is CC(C)(C)NC(=O)c1cncc(N2CCN(c3ccccn3)CC2)c1. The Hall–Kier alpha value is -2.63. The first-order valence-electron chi connectivity index (χ1n) is 8.61. The highest BCUT2D eigenvalue weighted by Gasteiger charge is 2.20. The molecule has 1 aliphatic rings. The summed E-state index contributed by atoms with van der Waals surface area (Å²) >= 11 is 0. The summed E-state index contributed by atoms with van der Waals surface area (Å²) in [6.07, 6.45) is 5.27. The summed E-state index contributed by atoms with van der Waals surface area (Å²) < 4.78 is 0. The van der Waals surface area contributed by atoms with Crippen molar-refractivity contribution in [3.8, 4) is 0 Å². The van der Waals surface area contributed by atoms with Crippen LogP contribution in [-0.4, -0.2) is 47.6 Å². The number of hydrogen-bond donors (Lipinski definition) is 1. The molecule has 6 heteroatoms. The molecule has 2 aromatic rings. The zero-order valence-corrected chi connectivity index (χ0v) is 15.1. The first-order valence-corrected chi connectivity index (χ1v) is 8.61. The van der Waals surface area contributed by atoms with E-state index in [2.05, 4.69) is 25.1 Å². The van der Waals surface area contributed by atoms with Crippen molar-refractivity contribution in [2.24, 2.45) is 0 Å². The molecule has 25 heavy (non-hydrogen) atoms. The van der Waals surface area contributed by atoms with Gasteiger partial charge < -0.3 is 15.1 Å². The zero-order chi connectivity index (χ0) is 17.9. The fraction of sp³-hybridized carbons (Fsp3) is 0.421. The molecule has 1 N–H and O–H groups in total. The lowest BCUT2D eigenvalue weighted by molar-refractivity contribution is 0.0919. The lowest BCUT2D eigenvalue weighted by atomic mass is 10.1. The minimum absolute atomic E-state index is 0.0889. The molecular formula is C19H25N5O. The van der Waals surface area contributed by atoms with Gasteiger partial charge in [-0.25, -0.2) is 4.98 Å². The van der Waals surface area contributed by atoms with Gasteiger partial charge in [0.15, 0.2) is 0 Å². The Morgan fingerprint density at radius 2 is 1.80 bits per heavy atom. The maximum absolute atomic E-state index is 12.3. The van der Waals surface area contributed by atoms with E-state index in [-0.39, 0.29) is 11.4 Å². The van der Waals surface area contributed by atoms with Crippen LogP contribution in [0.4, 0.5) is 11.5 Å². The molecular weight excluding hydrogens is 314 g/mol. The van der Waals surface area contributed by atoms with Gasteiger partial charge >= 0.3 is 0 Å². The van der Waals surface area contributed by atoms with Crippen molar-refractivity contribution in [2.75, 3.05) is 36.0 Å². The van der Waals surface area contributed by atoms with Gasteiger partial charge in [0, 0.05) is 44.1 Å². The summed E-state index contributed by atoms with van der Waals surface area (Å²) in [7, 11) is 0. The first kappa shape index (κ1) is 17.2. The van der Waals surface area contributed by atoms with E-state index >= 15 is 0 Å². The predicted molar refractivity (Wildman–Crippen MR) is 100 cm³/mol. The van der Waals surface area contributed by atoms with Gasteiger partial charge in [0.2, 0.25) is 0 Å². The van der Waals surface area contributed by atoms with Crippen molar-refractivity contribution < 1.29 is 4.79 Å². The van der Waals surface area contributed by atoms with Crippen LogP contribution in [0.15, 0.2) is 42.9 Å². The maximum atomic E-state index is 12.3. The molecule has 1 saturated heterocycles. The Morgan fingerprint density at radius 3 is 2.44 bits per heavy atom. The monoisotopic (exact) mass is 339 g/mol. The highest BCUT2D eigenvalue weighted by atomic mass is 16.1. The van der Waals surface area contributed by atoms with E-state index in [1.54, 1.807) is 6.20 Å². The minimum atomic E-state index is -0.263. The standard InChI is InChI=1S/C19H25N5O/c1-19(2,3)22-18(25)15-12-16(14-20-13-15)23-8-10-24(11-9-23)17-6-4-5-7-21-17/h4-7,12-14H,8-11H2,1-3H3,(H,22,25). The molecule has 1 fully saturated rings.